The number of sulfonamides is 1. The minimum absolute atomic E-state index is 0.223. The molecule has 0 aliphatic heterocycles. The normalized spacial score (nSPS) is 11.6. The number of hydrazone groups is 1. The smallest absolute Gasteiger partial charge is 0.283 e. The van der Waals surface area contributed by atoms with Crippen molar-refractivity contribution in [1.29, 1.82) is 0 Å². The highest BCUT2D eigenvalue weighted by atomic mass is 32.2. The summed E-state index contributed by atoms with van der Waals surface area (Å²) in [4.78, 5) is 23.1. The fraction of sp³-hybridized carbons (Fsp3) is 0.118. The van der Waals surface area contributed by atoms with E-state index in [2.05, 4.69) is 15.3 Å². The summed E-state index contributed by atoms with van der Waals surface area (Å²) < 4.78 is 26.4. The first-order valence-electron chi connectivity index (χ1n) is 8.68. The van der Waals surface area contributed by atoms with Crippen molar-refractivity contribution >= 4 is 39.4 Å². The maximum absolute atomic E-state index is 12.4. The number of benzene rings is 2. The number of aromatic nitrogens is 3. The highest BCUT2D eigenvalue weighted by molar-refractivity contribution is 7.99. The second kappa shape index (κ2) is 9.11. The number of nitro benzene ring substituents is 2. The molecule has 0 fully saturated rings. The van der Waals surface area contributed by atoms with Gasteiger partial charge in [0.05, 0.1) is 25.9 Å². The molecule has 0 amide bonds. The summed E-state index contributed by atoms with van der Waals surface area (Å²) in [7, 11) is -2.49. The standard InChI is InChI=1S/C17H15N7O6S2/c1-11-3-5-13(8-14(11)23(25)26)32(29,30)21-18-9-12-4-6-16(15(7-12)24(27)28)31-17-20-19-10-22(17)2/h3-10,21H,1-2H3/b18-9+. The molecule has 0 aliphatic rings. The lowest BCUT2D eigenvalue weighted by Gasteiger charge is -2.05. The zero-order chi connectivity index (χ0) is 23.5. The third-order valence-corrected chi connectivity index (χ3v) is 6.46. The van der Waals surface area contributed by atoms with Gasteiger partial charge in [0.15, 0.2) is 5.16 Å². The topological polar surface area (TPSA) is 176 Å². The molecule has 0 aliphatic carbocycles. The quantitative estimate of drug-likeness (QED) is 0.290. The van der Waals surface area contributed by atoms with Gasteiger partial charge < -0.3 is 4.57 Å². The Morgan fingerprint density at radius 1 is 1.12 bits per heavy atom. The summed E-state index contributed by atoms with van der Waals surface area (Å²) in [5, 5.41) is 34.1. The number of rotatable bonds is 8. The molecule has 3 aromatic rings. The van der Waals surface area contributed by atoms with Crippen molar-refractivity contribution in [1.82, 2.24) is 19.6 Å². The summed E-state index contributed by atoms with van der Waals surface area (Å²) in [5.41, 5.74) is 0.00286. The van der Waals surface area contributed by atoms with Crippen molar-refractivity contribution in [2.75, 3.05) is 0 Å². The lowest BCUT2D eigenvalue weighted by molar-refractivity contribution is -0.387. The molecular formula is C17H15N7O6S2. The molecule has 1 heterocycles. The van der Waals surface area contributed by atoms with Gasteiger partial charge in [0.25, 0.3) is 21.4 Å². The molecule has 2 aromatic carbocycles. The maximum atomic E-state index is 12.4. The first kappa shape index (κ1) is 22.8. The highest BCUT2D eigenvalue weighted by Gasteiger charge is 2.20. The van der Waals surface area contributed by atoms with Crippen LogP contribution in [0.25, 0.3) is 0 Å². The molecule has 166 valence electrons. The van der Waals surface area contributed by atoms with Crippen molar-refractivity contribution in [3.05, 3.63) is 74.1 Å². The predicted octanol–water partition coefficient (Wildman–Crippen LogP) is 2.40. The molecule has 1 aromatic heterocycles. The molecule has 15 heteroatoms. The average molecular weight is 477 g/mol. The monoisotopic (exact) mass is 477 g/mol. The molecule has 0 saturated carbocycles. The number of nitro groups is 2. The second-order valence-electron chi connectivity index (χ2n) is 6.37. The lowest BCUT2D eigenvalue weighted by atomic mass is 10.2. The summed E-state index contributed by atoms with van der Waals surface area (Å²) in [6.45, 7) is 1.49. The van der Waals surface area contributed by atoms with E-state index in [-0.39, 0.29) is 21.8 Å². The van der Waals surface area contributed by atoms with Crippen LogP contribution in [0.2, 0.25) is 0 Å². The number of nitrogens with one attached hydrogen (secondary N) is 1. The largest absolute Gasteiger partial charge is 0.311 e. The summed E-state index contributed by atoms with van der Waals surface area (Å²) in [6.07, 6.45) is 2.55. The van der Waals surface area contributed by atoms with Crippen LogP contribution in [0.1, 0.15) is 11.1 Å². The molecule has 0 unspecified atom stereocenters. The van der Waals surface area contributed by atoms with Gasteiger partial charge in [-0.05, 0) is 30.8 Å². The molecule has 0 radical (unpaired) electrons. The van der Waals surface area contributed by atoms with Crippen LogP contribution in [0.5, 0.6) is 0 Å². The first-order valence-corrected chi connectivity index (χ1v) is 11.0. The van der Waals surface area contributed by atoms with Crippen molar-refractivity contribution < 1.29 is 18.3 Å². The van der Waals surface area contributed by atoms with Crippen LogP contribution in [0, 0.1) is 27.2 Å². The van der Waals surface area contributed by atoms with Crippen LogP contribution in [-0.4, -0.2) is 39.2 Å². The van der Waals surface area contributed by atoms with E-state index >= 15 is 0 Å². The molecule has 32 heavy (non-hydrogen) atoms. The molecule has 3 rings (SSSR count). The molecule has 1 N–H and O–H groups in total. The van der Waals surface area contributed by atoms with Crippen LogP contribution in [0.4, 0.5) is 11.4 Å². The molecule has 0 atom stereocenters. The number of aryl methyl sites for hydroxylation is 2. The van der Waals surface area contributed by atoms with Crippen molar-refractivity contribution in [3.63, 3.8) is 0 Å². The Hall–Kier alpha value is -3.85. The van der Waals surface area contributed by atoms with Crippen LogP contribution < -0.4 is 4.83 Å². The van der Waals surface area contributed by atoms with E-state index in [0.717, 1.165) is 24.0 Å². The fourth-order valence-electron chi connectivity index (χ4n) is 2.48. The van der Waals surface area contributed by atoms with Gasteiger partial charge in [-0.15, -0.1) is 10.2 Å². The van der Waals surface area contributed by atoms with E-state index in [9.17, 15) is 28.6 Å². The van der Waals surface area contributed by atoms with E-state index in [4.69, 9.17) is 0 Å². The minimum atomic E-state index is -4.19. The van der Waals surface area contributed by atoms with Gasteiger partial charge in [0.1, 0.15) is 6.33 Å². The van der Waals surface area contributed by atoms with Gasteiger partial charge in [-0.1, -0.05) is 12.1 Å². The van der Waals surface area contributed by atoms with Gasteiger partial charge >= 0.3 is 0 Å². The van der Waals surface area contributed by atoms with Gasteiger partial charge in [0, 0.05) is 30.3 Å². The fourth-order valence-corrected chi connectivity index (χ4v) is 4.14. The second-order valence-corrected chi connectivity index (χ2v) is 9.04. The first-order chi connectivity index (χ1) is 15.1. The van der Waals surface area contributed by atoms with Gasteiger partial charge in [-0.3, -0.25) is 20.2 Å². The summed E-state index contributed by atoms with van der Waals surface area (Å²) in [5.74, 6) is 0. The van der Waals surface area contributed by atoms with E-state index in [0.29, 0.717) is 15.6 Å². The van der Waals surface area contributed by atoms with E-state index in [1.54, 1.807) is 11.6 Å². The van der Waals surface area contributed by atoms with E-state index in [1.807, 2.05) is 4.83 Å². The molecule has 13 nitrogen and oxygen atoms in total. The zero-order valence-corrected chi connectivity index (χ0v) is 18.2. The number of hydrogen-bond donors (Lipinski definition) is 1. The molecule has 0 bridgehead atoms. The highest BCUT2D eigenvalue weighted by Crippen LogP contribution is 2.33. The van der Waals surface area contributed by atoms with Gasteiger partial charge in [-0.2, -0.15) is 13.5 Å². The average Bonchev–Trinajstić information content (AvgIpc) is 3.13. The Morgan fingerprint density at radius 2 is 1.84 bits per heavy atom. The van der Waals surface area contributed by atoms with E-state index in [1.165, 1.54) is 43.6 Å². The van der Waals surface area contributed by atoms with Crippen molar-refractivity contribution in [3.8, 4) is 0 Å². The van der Waals surface area contributed by atoms with Crippen LogP contribution in [0.15, 0.2) is 62.8 Å². The Bertz CT molecular complexity index is 1340. The minimum Gasteiger partial charge on any atom is -0.311 e. The Labute approximate surface area is 185 Å². The van der Waals surface area contributed by atoms with E-state index < -0.39 is 19.9 Å². The third kappa shape index (κ3) is 5.06. The van der Waals surface area contributed by atoms with Crippen LogP contribution >= 0.6 is 11.8 Å². The Balaban J connectivity index is 1.81. The number of nitrogens with zero attached hydrogens (tertiary/aromatic N) is 6. The Morgan fingerprint density at radius 3 is 2.47 bits per heavy atom. The summed E-state index contributed by atoms with van der Waals surface area (Å²) in [6, 6.07) is 7.68. The molecule has 0 saturated heterocycles. The maximum Gasteiger partial charge on any atom is 0.283 e. The molecule has 0 spiro atoms. The molecular weight excluding hydrogens is 462 g/mol. The third-order valence-electron chi connectivity index (χ3n) is 4.12. The van der Waals surface area contributed by atoms with Crippen molar-refractivity contribution in [2.24, 2.45) is 12.1 Å². The number of hydrogen-bond acceptors (Lipinski definition) is 10. The summed E-state index contributed by atoms with van der Waals surface area (Å²) >= 11 is 1.05. The van der Waals surface area contributed by atoms with Gasteiger partial charge in [-0.25, -0.2) is 4.83 Å². The zero-order valence-electron chi connectivity index (χ0n) is 16.6. The van der Waals surface area contributed by atoms with Crippen LogP contribution in [0.3, 0.4) is 0 Å². The SMILES string of the molecule is Cc1ccc(S(=O)(=O)N/N=C/c2ccc(Sc3nncn3C)c([N+](=O)[O-])c2)cc1[N+](=O)[O-]. The lowest BCUT2D eigenvalue weighted by Crippen LogP contribution is -2.18. The van der Waals surface area contributed by atoms with Crippen LogP contribution in [-0.2, 0) is 17.1 Å². The Kier molecular flexibility index (Phi) is 6.50. The van der Waals surface area contributed by atoms with Crippen molar-refractivity contribution in [2.45, 2.75) is 21.9 Å². The predicted molar refractivity (Wildman–Crippen MR) is 114 cm³/mol. The van der Waals surface area contributed by atoms with Gasteiger partial charge in [0.2, 0.25) is 0 Å².